The van der Waals surface area contributed by atoms with Gasteiger partial charge < -0.3 is 5.73 Å². The van der Waals surface area contributed by atoms with Crippen molar-refractivity contribution >= 4 is 5.94 Å². The van der Waals surface area contributed by atoms with Gasteiger partial charge in [-0.05, 0) is 129 Å². The molecule has 0 aromatic heterocycles. The Morgan fingerprint density at radius 1 is 1.07 bits per heavy atom. The van der Waals surface area contributed by atoms with Crippen molar-refractivity contribution in [1.29, 1.82) is 0 Å². The van der Waals surface area contributed by atoms with Crippen LogP contribution in [0.15, 0.2) is 84.0 Å². The minimum atomic E-state index is -0.268. The molecule has 0 bridgehead atoms. The Kier molecular flexibility index (Phi) is 6.93. The summed E-state index contributed by atoms with van der Waals surface area (Å²) in [6, 6.07) is 14.6. The Balaban J connectivity index is 1.19. The zero-order chi connectivity index (χ0) is 31.1. The summed E-state index contributed by atoms with van der Waals surface area (Å²) in [4.78, 5) is 11.5. The lowest BCUT2D eigenvalue weighted by Gasteiger charge is -2.64. The Bertz CT molecular complexity index is 1630. The maximum absolute atomic E-state index is 15.9. The molecule has 44 heavy (non-hydrogen) atoms. The fourth-order valence-electron chi connectivity index (χ4n) is 11.6. The van der Waals surface area contributed by atoms with Crippen LogP contribution in [0.1, 0.15) is 100 Å². The summed E-state index contributed by atoms with van der Waals surface area (Å²) in [6.07, 6.45) is 15.2. The quantitative estimate of drug-likeness (QED) is 0.279. The van der Waals surface area contributed by atoms with Crippen LogP contribution >= 0.6 is 0 Å². The lowest BCUT2D eigenvalue weighted by atomic mass is 9.42. The highest BCUT2D eigenvalue weighted by Crippen LogP contribution is 2.78. The number of benzene rings is 2. The fraction of sp³-hybridized carbons (Fsp3) is 0.512. The number of nitrogens with two attached hydrogens (primary N) is 1. The third-order valence-electron chi connectivity index (χ3n) is 13.8. The van der Waals surface area contributed by atoms with Gasteiger partial charge in [0.2, 0.25) is 0 Å². The Morgan fingerprint density at radius 3 is 2.52 bits per heavy atom. The highest BCUT2D eigenvalue weighted by Gasteiger charge is 2.73. The molecule has 0 saturated heterocycles. The van der Waals surface area contributed by atoms with E-state index in [1.54, 1.807) is 6.07 Å². The molecule has 230 valence electrons. The van der Waals surface area contributed by atoms with Gasteiger partial charge in [-0.15, -0.1) is 0 Å². The molecule has 0 spiro atoms. The molecular weight excluding hydrogens is 541 g/mol. The summed E-state index contributed by atoms with van der Waals surface area (Å²) in [5.74, 6) is 3.47. The highest BCUT2D eigenvalue weighted by molar-refractivity contribution is 5.65. The zero-order valence-electron chi connectivity index (χ0n) is 27.0. The number of carbonyl (C=O) groups excluding carboxylic acids is 1. The molecule has 2 nitrogen and oxygen atoms in total. The maximum Gasteiger partial charge on any atom is 0.132 e. The normalized spacial score (nSPS) is 38.7. The first-order valence-corrected chi connectivity index (χ1v) is 16.9. The van der Waals surface area contributed by atoms with Crippen LogP contribution in [0.4, 0.5) is 4.39 Å². The molecule has 3 heteroatoms. The van der Waals surface area contributed by atoms with Crippen LogP contribution in [-0.2, 0) is 11.2 Å². The SMILES string of the molecule is C=C(CC)[C@@]12CC(c3ccc(Cc4ccc(C)cc4)cc3F)C[C@@H]1CC1C3(N)CCC4=CC(=C=O)C=CC4(C)[C@H]3CCC12C. The van der Waals surface area contributed by atoms with Gasteiger partial charge in [0, 0.05) is 16.4 Å². The van der Waals surface area contributed by atoms with Crippen LogP contribution < -0.4 is 5.73 Å². The molecule has 5 aliphatic rings. The van der Waals surface area contributed by atoms with Gasteiger partial charge in [0.1, 0.15) is 11.8 Å². The van der Waals surface area contributed by atoms with Gasteiger partial charge in [0.25, 0.3) is 0 Å². The van der Waals surface area contributed by atoms with Crippen LogP contribution in [0.2, 0.25) is 0 Å². The predicted octanol–water partition coefficient (Wildman–Crippen LogP) is 9.36. The van der Waals surface area contributed by atoms with Gasteiger partial charge in [0.05, 0.1) is 5.57 Å². The number of halogens is 1. The predicted molar refractivity (Wildman–Crippen MR) is 177 cm³/mol. The molecule has 0 aliphatic heterocycles. The van der Waals surface area contributed by atoms with E-state index < -0.39 is 0 Å². The van der Waals surface area contributed by atoms with Crippen molar-refractivity contribution in [3.8, 4) is 0 Å². The van der Waals surface area contributed by atoms with Crippen LogP contribution in [-0.4, -0.2) is 11.5 Å². The number of hydrogen-bond donors (Lipinski definition) is 1. The molecule has 7 rings (SSSR count). The van der Waals surface area contributed by atoms with Gasteiger partial charge in [-0.25, -0.2) is 9.18 Å². The van der Waals surface area contributed by atoms with E-state index in [4.69, 9.17) is 12.3 Å². The minimum Gasteiger partial charge on any atom is -0.325 e. The van der Waals surface area contributed by atoms with Crippen molar-refractivity contribution in [2.45, 2.75) is 96.9 Å². The second-order valence-electron chi connectivity index (χ2n) is 15.5. The van der Waals surface area contributed by atoms with Gasteiger partial charge >= 0.3 is 0 Å². The smallest absolute Gasteiger partial charge is 0.132 e. The van der Waals surface area contributed by atoms with Crippen LogP contribution in [0.25, 0.3) is 0 Å². The molecule has 2 aromatic rings. The molecule has 2 N–H and O–H groups in total. The van der Waals surface area contributed by atoms with Gasteiger partial charge in [0.15, 0.2) is 0 Å². The largest absolute Gasteiger partial charge is 0.325 e. The molecule has 0 heterocycles. The number of rotatable bonds is 5. The van der Waals surface area contributed by atoms with Crippen molar-refractivity contribution in [2.75, 3.05) is 0 Å². The van der Waals surface area contributed by atoms with Crippen molar-refractivity contribution < 1.29 is 9.18 Å². The maximum atomic E-state index is 15.9. The zero-order valence-corrected chi connectivity index (χ0v) is 27.0. The lowest BCUT2D eigenvalue weighted by Crippen LogP contribution is -2.67. The summed E-state index contributed by atoms with van der Waals surface area (Å²) in [6.45, 7) is 14.0. The molecule has 0 radical (unpaired) electrons. The third-order valence-corrected chi connectivity index (χ3v) is 13.8. The van der Waals surface area contributed by atoms with Crippen LogP contribution in [0.5, 0.6) is 0 Å². The van der Waals surface area contributed by atoms with Crippen molar-refractivity contribution in [2.24, 2.45) is 39.7 Å². The average molecular weight is 590 g/mol. The molecule has 0 amide bonds. The first kappa shape index (κ1) is 29.7. The Morgan fingerprint density at radius 2 is 1.82 bits per heavy atom. The lowest BCUT2D eigenvalue weighted by molar-refractivity contribution is -0.0762. The first-order valence-electron chi connectivity index (χ1n) is 16.9. The summed E-state index contributed by atoms with van der Waals surface area (Å²) in [7, 11) is 0. The fourth-order valence-corrected chi connectivity index (χ4v) is 11.6. The molecule has 4 fully saturated rings. The number of allylic oxidation sites excluding steroid dienone is 6. The van der Waals surface area contributed by atoms with Crippen molar-refractivity contribution in [3.05, 3.63) is 112 Å². The molecule has 2 aromatic carbocycles. The molecule has 4 saturated carbocycles. The summed E-state index contributed by atoms with van der Waals surface area (Å²) in [5, 5.41) is 0. The van der Waals surface area contributed by atoms with E-state index in [0.717, 1.165) is 68.9 Å². The van der Waals surface area contributed by atoms with Crippen molar-refractivity contribution in [3.63, 3.8) is 0 Å². The van der Waals surface area contributed by atoms with Crippen LogP contribution in [0.3, 0.4) is 0 Å². The summed E-state index contributed by atoms with van der Waals surface area (Å²) >= 11 is 0. The van der Waals surface area contributed by atoms with E-state index >= 15 is 4.39 Å². The topological polar surface area (TPSA) is 43.1 Å². The summed E-state index contributed by atoms with van der Waals surface area (Å²) in [5.41, 5.74) is 15.1. The van der Waals surface area contributed by atoms with E-state index in [1.165, 1.54) is 22.3 Å². The number of hydrogen-bond acceptors (Lipinski definition) is 2. The van der Waals surface area contributed by atoms with E-state index in [2.05, 4.69) is 82.2 Å². The van der Waals surface area contributed by atoms with Crippen LogP contribution in [0, 0.1) is 46.7 Å². The van der Waals surface area contributed by atoms with Gasteiger partial charge in [-0.2, -0.15) is 0 Å². The van der Waals surface area contributed by atoms with E-state index in [-0.39, 0.29) is 33.5 Å². The van der Waals surface area contributed by atoms with E-state index in [0.29, 0.717) is 23.3 Å². The van der Waals surface area contributed by atoms with E-state index in [9.17, 15) is 4.79 Å². The van der Waals surface area contributed by atoms with Gasteiger partial charge in [-0.3, -0.25) is 0 Å². The Labute approximate surface area is 263 Å². The van der Waals surface area contributed by atoms with Crippen molar-refractivity contribution in [1.82, 2.24) is 0 Å². The first-order chi connectivity index (χ1) is 21.0. The van der Waals surface area contributed by atoms with E-state index in [1.807, 2.05) is 6.08 Å². The molecule has 5 aliphatic carbocycles. The minimum absolute atomic E-state index is 0.0196. The second-order valence-corrected chi connectivity index (χ2v) is 15.5. The number of aryl methyl sites for hydroxylation is 1. The molecule has 5 unspecified atom stereocenters. The molecule has 8 atom stereocenters. The third kappa shape index (κ3) is 4.04. The second kappa shape index (κ2) is 10.3. The molecular formula is C41H48FNO. The standard InChI is InChI=1S/C41H48FNO/c1-6-27(3)40-24-31(34-12-11-29(21-35(34)42)19-28-9-7-26(2)8-10-28)22-33(40)23-37-39(40,5)17-15-36-38(4)16-13-30(25-44)20-32(38)14-18-41(36,37)43/h7-13,16,20-21,31,33,36-37H,3,6,14-15,17-19,22-24,43H2,1-2,4-5H3/t31?,33-,36-,37?,38?,39?,40+,41?/m1/s1. The highest BCUT2D eigenvalue weighted by atomic mass is 19.1. The Hall–Kier alpha value is -3.00. The number of fused-ring (bicyclic) bond motifs is 7. The van der Waals surface area contributed by atoms with Gasteiger partial charge in [-0.1, -0.05) is 86.5 Å². The monoisotopic (exact) mass is 589 g/mol. The summed E-state index contributed by atoms with van der Waals surface area (Å²) < 4.78 is 15.9. The average Bonchev–Trinajstić information content (AvgIpc) is 3.51.